The minimum Gasteiger partial charge on any atom is -0.507 e. The highest BCUT2D eigenvalue weighted by atomic mass is 16.7. The molecule has 2 aliphatic carbocycles. The maximum atomic E-state index is 14.0. The largest absolute Gasteiger partial charge is 0.507 e. The molecule has 0 aromatic heterocycles. The number of ether oxygens (including phenoxy) is 5. The summed E-state index contributed by atoms with van der Waals surface area (Å²) in [6.07, 6.45) is -18.6. The monoisotopic (exact) mass is 827 g/mol. The van der Waals surface area contributed by atoms with Crippen LogP contribution in [0.15, 0.2) is 24.3 Å². The van der Waals surface area contributed by atoms with Gasteiger partial charge in [0.2, 0.25) is 0 Å². The highest BCUT2D eigenvalue weighted by Crippen LogP contribution is 2.57. The van der Waals surface area contributed by atoms with Crippen molar-refractivity contribution in [3.63, 3.8) is 0 Å². The predicted molar refractivity (Wildman–Crippen MR) is 194 cm³/mol. The highest BCUT2D eigenvalue weighted by Gasteiger charge is 2.51. The van der Waals surface area contributed by atoms with Crippen LogP contribution in [0.1, 0.15) is 84.9 Å². The lowest BCUT2D eigenvalue weighted by Gasteiger charge is -2.45. The van der Waals surface area contributed by atoms with Crippen molar-refractivity contribution in [1.82, 2.24) is 5.32 Å². The third kappa shape index (κ3) is 6.76. The van der Waals surface area contributed by atoms with E-state index in [1.54, 1.807) is 0 Å². The fourth-order valence-corrected chi connectivity index (χ4v) is 7.88. The van der Waals surface area contributed by atoms with Crippen molar-refractivity contribution < 1.29 is 93.9 Å². The summed E-state index contributed by atoms with van der Waals surface area (Å²) >= 11 is 0. The summed E-state index contributed by atoms with van der Waals surface area (Å²) < 4.78 is 28.1. The number of aliphatic hydroxyl groups excluding tert-OH is 6. The predicted octanol–water partition coefficient (Wildman–Crippen LogP) is -0.839. The molecular formula is C39H41NO19. The topological polar surface area (TPSA) is 329 Å². The van der Waals surface area contributed by atoms with Crippen LogP contribution in [0.25, 0.3) is 11.1 Å². The number of carbonyl (C=O) groups is 4. The van der Waals surface area contributed by atoms with Crippen LogP contribution in [0, 0.1) is 6.92 Å². The molecule has 0 radical (unpaired) electrons. The molecule has 2 saturated heterocycles. The lowest BCUT2D eigenvalue weighted by Crippen LogP contribution is -2.62. The second-order valence-electron chi connectivity index (χ2n) is 14.8. The van der Waals surface area contributed by atoms with Gasteiger partial charge in [0.15, 0.2) is 24.1 Å². The quantitative estimate of drug-likeness (QED) is 0.103. The van der Waals surface area contributed by atoms with Gasteiger partial charge in [0.05, 0.1) is 36.5 Å². The zero-order valence-corrected chi connectivity index (χ0v) is 31.6. The van der Waals surface area contributed by atoms with Crippen LogP contribution in [0.2, 0.25) is 0 Å². The zero-order chi connectivity index (χ0) is 43.1. The Labute approximate surface area is 333 Å². The first-order chi connectivity index (χ1) is 27.8. The lowest BCUT2D eigenvalue weighted by molar-refractivity contribution is -0.353. The molecule has 2 heterocycles. The molecule has 7 rings (SSSR count). The van der Waals surface area contributed by atoms with Crippen LogP contribution in [0.5, 0.6) is 23.0 Å². The summed E-state index contributed by atoms with van der Waals surface area (Å²) in [7, 11) is 1.25. The van der Waals surface area contributed by atoms with Crippen LogP contribution in [-0.2, 0) is 23.7 Å². The van der Waals surface area contributed by atoms with Gasteiger partial charge in [0.1, 0.15) is 77.9 Å². The number of aromatic hydroxyl groups is 3. The number of hydrogen-bond acceptors (Lipinski definition) is 18. The minimum atomic E-state index is -1.96. The smallest absolute Gasteiger partial charge is 0.325 e. The third-order valence-corrected chi connectivity index (χ3v) is 11.0. The number of phenolic OH excluding ortho intramolecular Hbond substituents is 3. The molecule has 20 nitrogen and oxygen atoms in total. The summed E-state index contributed by atoms with van der Waals surface area (Å²) in [5.41, 5.74) is -3.66. The molecule has 2 fully saturated rings. The van der Waals surface area contributed by atoms with E-state index in [2.05, 4.69) is 5.32 Å². The van der Waals surface area contributed by atoms with Crippen molar-refractivity contribution in [3.8, 4) is 34.1 Å². The van der Waals surface area contributed by atoms with E-state index in [1.807, 2.05) is 0 Å². The average Bonchev–Trinajstić information content (AvgIpc) is 3.18. The summed E-state index contributed by atoms with van der Waals surface area (Å²) in [4.78, 5) is 53.1. The second kappa shape index (κ2) is 15.4. The molecule has 0 saturated carbocycles. The summed E-state index contributed by atoms with van der Waals surface area (Å²) in [6.45, 7) is 3.43. The Bertz CT molecular complexity index is 2260. The van der Waals surface area contributed by atoms with Crippen molar-refractivity contribution in [2.45, 2.75) is 94.3 Å². The van der Waals surface area contributed by atoms with Crippen LogP contribution >= 0.6 is 0 Å². The number of aliphatic hydroxyl groups is 6. The first-order valence-corrected chi connectivity index (χ1v) is 18.3. The zero-order valence-electron chi connectivity index (χ0n) is 31.6. The Morgan fingerprint density at radius 3 is 2.10 bits per heavy atom. The molecule has 1 unspecified atom stereocenters. The molecule has 12 atom stereocenters. The first-order valence-electron chi connectivity index (χ1n) is 18.3. The molecular weight excluding hydrogens is 786 g/mol. The summed E-state index contributed by atoms with van der Waals surface area (Å²) in [5, 5.41) is 111. The van der Waals surface area contributed by atoms with E-state index in [0.29, 0.717) is 0 Å². The normalized spacial score (nSPS) is 30.4. The number of hydrogen-bond donors (Lipinski definition) is 11. The van der Waals surface area contributed by atoms with Crippen molar-refractivity contribution >= 4 is 23.4 Å². The number of ketones is 2. The maximum Gasteiger partial charge on any atom is 0.325 e. The van der Waals surface area contributed by atoms with E-state index in [1.165, 1.54) is 40.0 Å². The molecule has 1 amide bonds. The van der Waals surface area contributed by atoms with E-state index < -0.39 is 154 Å². The number of aliphatic carboxylic acids is 1. The van der Waals surface area contributed by atoms with Crippen molar-refractivity contribution in [3.05, 3.63) is 68.8 Å². The molecule has 3 aromatic rings. The number of aryl methyl sites for hydroxylation is 1. The van der Waals surface area contributed by atoms with Crippen molar-refractivity contribution in [1.29, 1.82) is 0 Å². The second-order valence-corrected chi connectivity index (χ2v) is 14.8. The molecule has 316 valence electrons. The van der Waals surface area contributed by atoms with Gasteiger partial charge in [-0.25, -0.2) is 0 Å². The van der Waals surface area contributed by atoms with Crippen LogP contribution < -0.4 is 10.1 Å². The maximum absolute atomic E-state index is 14.0. The Morgan fingerprint density at radius 2 is 1.44 bits per heavy atom. The molecule has 2 aliphatic heterocycles. The molecule has 0 spiro atoms. The van der Waals surface area contributed by atoms with Gasteiger partial charge in [-0.2, -0.15) is 0 Å². The van der Waals surface area contributed by atoms with Crippen molar-refractivity contribution in [2.24, 2.45) is 0 Å². The molecule has 11 N–H and O–H groups in total. The lowest BCUT2D eigenvalue weighted by atomic mass is 9.74. The highest BCUT2D eigenvalue weighted by molar-refractivity contribution is 6.31. The van der Waals surface area contributed by atoms with E-state index in [9.17, 15) is 70.2 Å². The number of benzene rings is 3. The number of fused-ring (bicyclic) bond motifs is 5. The third-order valence-electron chi connectivity index (χ3n) is 11.0. The van der Waals surface area contributed by atoms with Gasteiger partial charge in [0, 0.05) is 28.3 Å². The van der Waals surface area contributed by atoms with Crippen LogP contribution in [0.4, 0.5) is 0 Å². The minimum absolute atomic E-state index is 0.0000755. The van der Waals surface area contributed by atoms with Gasteiger partial charge in [0.25, 0.3) is 5.91 Å². The SMILES string of the molecule is COc1cc(O)c2c(c1)C(=O)c1c(cc3c(c1O)-c1c(cc(C)c(C(=O)NC(C)C(=O)O)c1O)[C@H](O[C@@H]1O[C@H](C)[C@H](O)[C@H](O[C@@H]4OC[C@@H](O)[C@H](O)[C@H]4O)[C@H]1O)[C@H]3O)C2=O. The fraction of sp³-hybridized carbons (Fsp3) is 0.436. The molecule has 20 heteroatoms. The first kappa shape index (κ1) is 41.9. The van der Waals surface area contributed by atoms with E-state index in [4.69, 9.17) is 23.7 Å². The van der Waals surface area contributed by atoms with Crippen LogP contribution in [-0.4, -0.2) is 150 Å². The Hall–Kier alpha value is -5.26. The fourth-order valence-electron chi connectivity index (χ4n) is 7.88. The van der Waals surface area contributed by atoms with E-state index in [-0.39, 0.29) is 28.0 Å². The number of phenols is 3. The van der Waals surface area contributed by atoms with Gasteiger partial charge >= 0.3 is 5.97 Å². The Kier molecular flexibility index (Phi) is 10.9. The number of carboxylic acids is 1. The van der Waals surface area contributed by atoms with Crippen molar-refractivity contribution in [2.75, 3.05) is 13.7 Å². The summed E-state index contributed by atoms with van der Waals surface area (Å²) in [6, 6.07) is 3.12. The molecule has 3 aromatic carbocycles. The summed E-state index contributed by atoms with van der Waals surface area (Å²) in [5.74, 6) is -6.80. The molecule has 4 aliphatic rings. The number of amides is 1. The standard InChI is InChI=1S/C39H41NO19/c1-10-5-17-23(30(48)20(10)36(52)40-11(2)37(53)54)22-15(8-16-24(31(22)49)27(45)14-6-13(55-4)7-18(41)21(14)26(16)44)28(46)34(17)58-39-33(51)35(25(43)12(3)57-39)59-38-32(50)29(47)19(42)9-56-38/h5-8,11-12,19,25,28-29,32-35,38-39,41-43,46-51H,9H2,1-4H3,(H,40,52)(H,53,54)/t11?,12-,19-,25+,28+,29+,32-,33-,34+,35+,38+,39+/m1/s1. The molecule has 0 bridgehead atoms. The van der Waals surface area contributed by atoms with Gasteiger partial charge in [-0.05, 0) is 49.6 Å². The van der Waals surface area contributed by atoms with Gasteiger partial charge in [-0.3, -0.25) is 19.2 Å². The molecule has 59 heavy (non-hydrogen) atoms. The number of nitrogens with one attached hydrogen (secondary N) is 1. The number of carbonyl (C=O) groups excluding carboxylic acids is 3. The number of rotatable bonds is 8. The Morgan fingerprint density at radius 1 is 0.797 bits per heavy atom. The van der Waals surface area contributed by atoms with Gasteiger partial charge < -0.3 is 80.1 Å². The Balaban J connectivity index is 1.36. The van der Waals surface area contributed by atoms with Gasteiger partial charge in [-0.1, -0.05) is 6.07 Å². The van der Waals surface area contributed by atoms with E-state index in [0.717, 1.165) is 12.1 Å². The number of carboxylic acid groups (broad SMARTS) is 1. The van der Waals surface area contributed by atoms with Crippen LogP contribution in [0.3, 0.4) is 0 Å². The van der Waals surface area contributed by atoms with Gasteiger partial charge in [-0.15, -0.1) is 0 Å². The number of methoxy groups -OCH3 is 1. The average molecular weight is 828 g/mol. The van der Waals surface area contributed by atoms with E-state index >= 15 is 0 Å².